The molecule has 0 aliphatic rings. The minimum absolute atomic E-state index is 0.0733. The Morgan fingerprint density at radius 2 is 1.48 bits per heavy atom. The SMILES string of the molecule is O=C(NCCc1cc(C(F)(F)F)cc(C(F)(F)F)c1)c1cnccc1-c1ccccc1. The predicted molar refractivity (Wildman–Crippen MR) is 102 cm³/mol. The molecule has 0 unspecified atom stereocenters. The van der Waals surface area contributed by atoms with Crippen LogP contribution in [-0.4, -0.2) is 17.4 Å². The van der Waals surface area contributed by atoms with Gasteiger partial charge in [0.15, 0.2) is 0 Å². The van der Waals surface area contributed by atoms with Crippen molar-refractivity contribution < 1.29 is 31.1 Å². The topological polar surface area (TPSA) is 42.0 Å². The maximum absolute atomic E-state index is 13.0. The zero-order valence-electron chi connectivity index (χ0n) is 15.9. The molecule has 0 atom stereocenters. The summed E-state index contributed by atoms with van der Waals surface area (Å²) in [6.45, 7) is -0.152. The molecule has 0 saturated carbocycles. The van der Waals surface area contributed by atoms with E-state index in [1.54, 1.807) is 30.3 Å². The molecule has 3 nitrogen and oxygen atoms in total. The van der Waals surface area contributed by atoms with E-state index in [0.29, 0.717) is 17.7 Å². The van der Waals surface area contributed by atoms with E-state index in [4.69, 9.17) is 0 Å². The third kappa shape index (κ3) is 5.62. The van der Waals surface area contributed by atoms with E-state index in [9.17, 15) is 31.1 Å². The van der Waals surface area contributed by atoms with E-state index >= 15 is 0 Å². The Labute approximate surface area is 173 Å². The average Bonchev–Trinajstić information content (AvgIpc) is 2.73. The van der Waals surface area contributed by atoms with Crippen molar-refractivity contribution in [1.82, 2.24) is 10.3 Å². The van der Waals surface area contributed by atoms with E-state index in [2.05, 4.69) is 10.3 Å². The number of pyridine rings is 1. The van der Waals surface area contributed by atoms with Crippen LogP contribution in [0, 0.1) is 0 Å². The van der Waals surface area contributed by atoms with E-state index < -0.39 is 29.4 Å². The Morgan fingerprint density at radius 3 is 2.06 bits per heavy atom. The van der Waals surface area contributed by atoms with Gasteiger partial charge in [-0.3, -0.25) is 9.78 Å². The zero-order chi connectivity index (χ0) is 22.6. The third-order valence-electron chi connectivity index (χ3n) is 4.50. The second kappa shape index (κ2) is 8.79. The molecule has 0 bridgehead atoms. The van der Waals surface area contributed by atoms with Crippen LogP contribution in [0.3, 0.4) is 0 Å². The van der Waals surface area contributed by atoms with Gasteiger partial charge < -0.3 is 5.32 Å². The highest BCUT2D eigenvalue weighted by atomic mass is 19.4. The molecule has 1 amide bonds. The monoisotopic (exact) mass is 438 g/mol. The first-order valence-corrected chi connectivity index (χ1v) is 9.11. The van der Waals surface area contributed by atoms with Crippen molar-refractivity contribution in [2.24, 2.45) is 0 Å². The van der Waals surface area contributed by atoms with Crippen molar-refractivity contribution >= 4 is 5.91 Å². The number of aromatic nitrogens is 1. The maximum Gasteiger partial charge on any atom is 0.416 e. The number of halogens is 6. The van der Waals surface area contributed by atoms with Gasteiger partial charge in [-0.15, -0.1) is 0 Å². The van der Waals surface area contributed by atoms with Crippen LogP contribution in [0.4, 0.5) is 26.3 Å². The molecule has 0 radical (unpaired) electrons. The molecule has 162 valence electrons. The summed E-state index contributed by atoms with van der Waals surface area (Å²) in [5.41, 5.74) is -1.34. The van der Waals surface area contributed by atoms with Crippen LogP contribution in [0.5, 0.6) is 0 Å². The predicted octanol–water partition coefficient (Wildman–Crippen LogP) is 5.76. The van der Waals surface area contributed by atoms with Crippen LogP contribution in [0.1, 0.15) is 27.0 Å². The van der Waals surface area contributed by atoms with Crippen LogP contribution in [0.15, 0.2) is 67.0 Å². The highest BCUT2D eigenvalue weighted by molar-refractivity contribution is 6.00. The van der Waals surface area contributed by atoms with Crippen LogP contribution < -0.4 is 5.32 Å². The summed E-state index contributed by atoms with van der Waals surface area (Å²) in [6, 6.07) is 12.0. The summed E-state index contributed by atoms with van der Waals surface area (Å²) >= 11 is 0. The number of alkyl halides is 6. The van der Waals surface area contributed by atoms with Gasteiger partial charge in [-0.25, -0.2) is 0 Å². The first kappa shape index (κ1) is 22.3. The number of carbonyl (C=O) groups excluding carboxylic acids is 1. The standard InChI is InChI=1S/C22H16F6N2O/c23-21(24,25)16-10-14(11-17(12-16)22(26,27)28)6-9-30-20(31)19-13-29-8-7-18(19)15-4-2-1-3-5-15/h1-5,7-8,10-13H,6,9H2,(H,30,31). The minimum atomic E-state index is -4.92. The fourth-order valence-electron chi connectivity index (χ4n) is 3.02. The number of hydrogen-bond donors (Lipinski definition) is 1. The van der Waals surface area contributed by atoms with Gasteiger partial charge in [-0.1, -0.05) is 30.3 Å². The Bertz CT molecular complexity index is 1030. The molecule has 0 fully saturated rings. The summed E-state index contributed by atoms with van der Waals surface area (Å²) in [4.78, 5) is 16.5. The molecule has 0 aliphatic carbocycles. The smallest absolute Gasteiger partial charge is 0.352 e. The van der Waals surface area contributed by atoms with Gasteiger partial charge in [-0.05, 0) is 47.4 Å². The number of hydrogen-bond acceptors (Lipinski definition) is 2. The lowest BCUT2D eigenvalue weighted by Gasteiger charge is -2.14. The van der Waals surface area contributed by atoms with Crippen LogP contribution >= 0.6 is 0 Å². The molecule has 2 aromatic carbocycles. The molecule has 0 spiro atoms. The molecule has 9 heteroatoms. The Balaban J connectivity index is 1.76. The Kier molecular flexibility index (Phi) is 6.33. The van der Waals surface area contributed by atoms with E-state index in [1.165, 1.54) is 12.4 Å². The second-order valence-corrected chi connectivity index (χ2v) is 6.71. The number of nitrogens with zero attached hydrogens (tertiary/aromatic N) is 1. The summed E-state index contributed by atoms with van der Waals surface area (Å²) < 4.78 is 77.8. The Morgan fingerprint density at radius 1 is 0.871 bits per heavy atom. The zero-order valence-corrected chi connectivity index (χ0v) is 15.9. The summed E-state index contributed by atoms with van der Waals surface area (Å²) in [7, 11) is 0. The van der Waals surface area contributed by atoms with Crippen molar-refractivity contribution in [2.75, 3.05) is 6.54 Å². The molecule has 1 heterocycles. The van der Waals surface area contributed by atoms with Gasteiger partial charge in [-0.2, -0.15) is 26.3 Å². The summed E-state index contributed by atoms with van der Waals surface area (Å²) in [5.74, 6) is -0.532. The minimum Gasteiger partial charge on any atom is -0.352 e. The van der Waals surface area contributed by atoms with Crippen LogP contribution in [-0.2, 0) is 18.8 Å². The van der Waals surface area contributed by atoms with Crippen LogP contribution in [0.25, 0.3) is 11.1 Å². The Hall–Kier alpha value is -3.36. The fourth-order valence-corrected chi connectivity index (χ4v) is 3.02. The van der Waals surface area contributed by atoms with Crippen molar-refractivity contribution in [3.8, 4) is 11.1 Å². The lowest BCUT2D eigenvalue weighted by molar-refractivity contribution is -0.143. The molecule has 0 aliphatic heterocycles. The lowest BCUT2D eigenvalue weighted by atomic mass is 10.0. The number of benzene rings is 2. The fraction of sp³-hybridized carbons (Fsp3) is 0.182. The summed E-state index contributed by atoms with van der Waals surface area (Å²) in [5, 5.41) is 2.53. The van der Waals surface area contributed by atoms with Crippen LogP contribution in [0.2, 0.25) is 0 Å². The maximum atomic E-state index is 13.0. The highest BCUT2D eigenvalue weighted by Gasteiger charge is 2.36. The van der Waals surface area contributed by atoms with Crippen molar-refractivity contribution in [3.63, 3.8) is 0 Å². The number of nitrogens with one attached hydrogen (secondary N) is 1. The molecule has 3 rings (SSSR count). The van der Waals surface area contributed by atoms with E-state index in [1.807, 2.05) is 6.07 Å². The average molecular weight is 438 g/mol. The van der Waals surface area contributed by atoms with Gasteiger partial charge in [0.1, 0.15) is 0 Å². The van der Waals surface area contributed by atoms with E-state index in [-0.39, 0.29) is 30.2 Å². The molecular weight excluding hydrogens is 422 g/mol. The number of amides is 1. The number of rotatable bonds is 5. The van der Waals surface area contributed by atoms with E-state index in [0.717, 1.165) is 5.56 Å². The van der Waals surface area contributed by atoms with Crippen molar-refractivity contribution in [2.45, 2.75) is 18.8 Å². The first-order valence-electron chi connectivity index (χ1n) is 9.11. The first-order chi connectivity index (χ1) is 14.6. The molecule has 31 heavy (non-hydrogen) atoms. The summed E-state index contributed by atoms with van der Waals surface area (Å²) in [6.07, 6.45) is -7.18. The second-order valence-electron chi connectivity index (χ2n) is 6.71. The normalized spacial score (nSPS) is 11.9. The van der Waals surface area contributed by atoms with Gasteiger partial charge in [0, 0.05) is 18.9 Å². The van der Waals surface area contributed by atoms with Gasteiger partial charge in [0.2, 0.25) is 0 Å². The molecule has 1 aromatic heterocycles. The molecule has 3 aromatic rings. The number of carbonyl (C=O) groups is 1. The van der Waals surface area contributed by atoms with Gasteiger partial charge >= 0.3 is 12.4 Å². The molecular formula is C22H16F6N2O. The third-order valence-corrected chi connectivity index (χ3v) is 4.50. The molecule has 1 N–H and O–H groups in total. The van der Waals surface area contributed by atoms with Crippen molar-refractivity contribution in [3.05, 3.63) is 89.2 Å². The molecule has 0 saturated heterocycles. The van der Waals surface area contributed by atoms with Gasteiger partial charge in [0.25, 0.3) is 5.91 Å². The quantitative estimate of drug-likeness (QED) is 0.515. The highest BCUT2D eigenvalue weighted by Crippen LogP contribution is 2.36. The lowest BCUT2D eigenvalue weighted by Crippen LogP contribution is -2.26. The largest absolute Gasteiger partial charge is 0.416 e. The van der Waals surface area contributed by atoms with Gasteiger partial charge in [0.05, 0.1) is 16.7 Å². The van der Waals surface area contributed by atoms with Crippen molar-refractivity contribution in [1.29, 1.82) is 0 Å².